The Morgan fingerprint density at radius 2 is 1.83 bits per heavy atom. The summed E-state index contributed by atoms with van der Waals surface area (Å²) >= 11 is 0. The molecule has 9 heteroatoms. The molecule has 0 spiro atoms. The van der Waals surface area contributed by atoms with Crippen LogP contribution in [0.1, 0.15) is 22.3 Å². The molecule has 4 aromatic rings. The summed E-state index contributed by atoms with van der Waals surface area (Å²) in [7, 11) is 1.12. The van der Waals surface area contributed by atoms with Crippen LogP contribution in [0.25, 0.3) is 28.1 Å². The second-order valence-electron chi connectivity index (χ2n) is 8.54. The molecule has 0 amide bonds. The van der Waals surface area contributed by atoms with Crippen LogP contribution in [-0.4, -0.2) is 27.2 Å². The van der Waals surface area contributed by atoms with Gasteiger partial charge in [0.25, 0.3) is 0 Å². The van der Waals surface area contributed by atoms with Gasteiger partial charge in [-0.3, -0.25) is 0 Å². The number of quaternary nitrogens is 1. The molecule has 0 bridgehead atoms. The van der Waals surface area contributed by atoms with E-state index in [9.17, 15) is 10.4 Å². The number of anilines is 3. The van der Waals surface area contributed by atoms with E-state index in [0.717, 1.165) is 34.9 Å². The highest BCUT2D eigenvalue weighted by molar-refractivity contribution is 6.02. The van der Waals surface area contributed by atoms with Crippen LogP contribution in [-0.2, 0) is 0 Å². The largest absolute Gasteiger partial charge is 0.593 e. The highest BCUT2D eigenvalue weighted by Gasteiger charge is 2.21. The topological polar surface area (TPSA) is 144 Å². The summed E-state index contributed by atoms with van der Waals surface area (Å²) in [5.74, 6) is 0.977. The first-order chi connectivity index (χ1) is 16.6. The zero-order valence-electron chi connectivity index (χ0n) is 19.9. The van der Waals surface area contributed by atoms with E-state index in [1.165, 1.54) is 12.1 Å². The molecule has 2 heterocycles. The number of nitrogens with zero attached hydrogens (tertiary/aromatic N) is 5. The van der Waals surface area contributed by atoms with Crippen molar-refractivity contribution in [2.45, 2.75) is 20.8 Å². The molecule has 9 nitrogen and oxygen atoms in total. The van der Waals surface area contributed by atoms with E-state index in [-0.39, 0.29) is 17.5 Å². The summed E-state index contributed by atoms with van der Waals surface area (Å²) in [6.45, 7) is 5.82. The smallest absolute Gasteiger partial charge is 0.230 e. The standard InChI is InChI=1S/C26H25N7O2/c1-15-7-8-22(29-14-15)30-26-31-24-20(12-19(33(4,34)35)13-21(24)25(28)32-26)23-16(2)10-18(6-5-9-27)11-17(23)3/h5-8,10-14,34H,1-4H3,(H3,28,29,30,31,32)/b6-5+. The van der Waals surface area contributed by atoms with Crippen LogP contribution in [0.5, 0.6) is 0 Å². The van der Waals surface area contributed by atoms with Crippen molar-refractivity contribution in [3.05, 3.63) is 76.1 Å². The lowest BCUT2D eigenvalue weighted by Gasteiger charge is -2.29. The Bertz CT molecular complexity index is 1470. The number of hydrogen-bond donors (Lipinski definition) is 3. The summed E-state index contributed by atoms with van der Waals surface area (Å²) in [6, 6.07) is 12.7. The summed E-state index contributed by atoms with van der Waals surface area (Å²) < 4.78 is 0. The first-order valence-corrected chi connectivity index (χ1v) is 10.9. The number of pyridine rings is 1. The third kappa shape index (κ3) is 4.95. The summed E-state index contributed by atoms with van der Waals surface area (Å²) in [5, 5.41) is 35.1. The summed E-state index contributed by atoms with van der Waals surface area (Å²) in [5.41, 5.74) is 12.1. The number of hydrogen-bond acceptors (Lipinski definition) is 8. The third-order valence-electron chi connectivity index (χ3n) is 5.62. The number of fused-ring (bicyclic) bond motifs is 1. The second-order valence-corrected chi connectivity index (χ2v) is 8.54. The van der Waals surface area contributed by atoms with E-state index in [2.05, 4.69) is 15.3 Å². The normalized spacial score (nSPS) is 13.1. The molecule has 2 aromatic heterocycles. The van der Waals surface area contributed by atoms with Crippen molar-refractivity contribution in [3.8, 4) is 17.2 Å². The van der Waals surface area contributed by atoms with E-state index in [1.54, 1.807) is 18.3 Å². The fourth-order valence-electron chi connectivity index (χ4n) is 4.03. The number of nitrogens with one attached hydrogen (secondary N) is 1. The summed E-state index contributed by atoms with van der Waals surface area (Å²) in [6.07, 6.45) is 4.88. The number of nitriles is 1. The van der Waals surface area contributed by atoms with E-state index < -0.39 is 4.81 Å². The number of hydroxylamine groups is 2. The van der Waals surface area contributed by atoms with Crippen molar-refractivity contribution in [3.63, 3.8) is 0 Å². The minimum atomic E-state index is -1.63. The molecule has 0 aliphatic rings. The number of rotatable bonds is 5. The third-order valence-corrected chi connectivity index (χ3v) is 5.62. The number of aryl methyl sites for hydroxylation is 3. The van der Waals surface area contributed by atoms with Crippen molar-refractivity contribution in [2.24, 2.45) is 0 Å². The SMILES string of the molecule is Cc1ccc(Nc2nc(N)c3cc([N+](C)([O-])O)cc(-c4c(C)cc(/C=C/C#N)cc4C)c3n2)nc1. The molecular weight excluding hydrogens is 442 g/mol. The lowest BCUT2D eigenvalue weighted by atomic mass is 9.91. The van der Waals surface area contributed by atoms with Crippen molar-refractivity contribution in [2.75, 3.05) is 18.1 Å². The average Bonchev–Trinajstić information content (AvgIpc) is 2.78. The van der Waals surface area contributed by atoms with Gasteiger partial charge in [-0.25, -0.2) is 15.2 Å². The van der Waals surface area contributed by atoms with E-state index in [0.29, 0.717) is 22.3 Å². The van der Waals surface area contributed by atoms with Gasteiger partial charge in [-0.15, -0.1) is 0 Å². The molecule has 1 atom stereocenters. The monoisotopic (exact) mass is 467 g/mol. The molecule has 4 rings (SSSR count). The summed E-state index contributed by atoms with van der Waals surface area (Å²) in [4.78, 5) is 11.8. The van der Waals surface area contributed by atoms with Crippen LogP contribution < -0.4 is 15.9 Å². The van der Waals surface area contributed by atoms with Crippen molar-refractivity contribution < 1.29 is 5.21 Å². The molecule has 1 unspecified atom stereocenters. The molecule has 0 fully saturated rings. The molecule has 2 aromatic carbocycles. The second kappa shape index (κ2) is 9.12. The Morgan fingerprint density at radius 3 is 2.43 bits per heavy atom. The first-order valence-electron chi connectivity index (χ1n) is 10.9. The number of nitrogens with two attached hydrogens (primary N) is 1. The molecule has 0 saturated carbocycles. The highest BCUT2D eigenvalue weighted by Crippen LogP contribution is 2.39. The molecule has 176 valence electrons. The van der Waals surface area contributed by atoms with Gasteiger partial charge in [0.1, 0.15) is 18.7 Å². The Labute approximate surface area is 202 Å². The molecule has 35 heavy (non-hydrogen) atoms. The number of allylic oxidation sites excluding steroid dienone is 1. The zero-order chi connectivity index (χ0) is 25.3. The van der Waals surface area contributed by atoms with Crippen LogP contribution in [0.3, 0.4) is 0 Å². The lowest BCUT2D eigenvalue weighted by molar-refractivity contribution is -0.00427. The van der Waals surface area contributed by atoms with Gasteiger partial charge in [0, 0.05) is 35.4 Å². The quantitative estimate of drug-likeness (QED) is 0.204. The van der Waals surface area contributed by atoms with Crippen molar-refractivity contribution in [1.29, 1.82) is 5.26 Å². The van der Waals surface area contributed by atoms with Crippen molar-refractivity contribution in [1.82, 2.24) is 19.8 Å². The number of nitrogen functional groups attached to an aromatic ring is 1. The zero-order valence-corrected chi connectivity index (χ0v) is 19.9. The van der Waals surface area contributed by atoms with Crippen LogP contribution >= 0.6 is 0 Å². The average molecular weight is 468 g/mol. The Morgan fingerprint density at radius 1 is 1.11 bits per heavy atom. The minimum absolute atomic E-state index is 0.0935. The molecular formula is C26H25N7O2. The molecule has 0 aliphatic heterocycles. The van der Waals surface area contributed by atoms with Gasteiger partial charge >= 0.3 is 0 Å². The molecule has 0 aliphatic carbocycles. The van der Waals surface area contributed by atoms with Gasteiger partial charge in [0.05, 0.1) is 11.6 Å². The van der Waals surface area contributed by atoms with Crippen molar-refractivity contribution >= 4 is 40.3 Å². The Balaban J connectivity index is 1.97. The number of aromatic nitrogens is 3. The Kier molecular flexibility index (Phi) is 6.20. The highest BCUT2D eigenvalue weighted by atomic mass is 16.8. The first kappa shape index (κ1) is 23.8. The van der Waals surface area contributed by atoms with Gasteiger partial charge in [0.2, 0.25) is 5.95 Å². The van der Waals surface area contributed by atoms with Gasteiger partial charge in [0.15, 0.2) is 5.69 Å². The van der Waals surface area contributed by atoms with Crippen LogP contribution in [0.2, 0.25) is 0 Å². The maximum absolute atomic E-state index is 12.5. The van der Waals surface area contributed by atoms with E-state index in [1.807, 2.05) is 51.1 Å². The van der Waals surface area contributed by atoms with E-state index in [4.69, 9.17) is 16.0 Å². The molecule has 4 N–H and O–H groups in total. The molecule has 0 radical (unpaired) electrons. The predicted molar refractivity (Wildman–Crippen MR) is 139 cm³/mol. The van der Waals surface area contributed by atoms with Crippen LogP contribution in [0.4, 0.5) is 23.3 Å². The van der Waals surface area contributed by atoms with Gasteiger partial charge in [-0.05, 0) is 60.7 Å². The van der Waals surface area contributed by atoms with Crippen LogP contribution in [0.15, 0.2) is 48.7 Å². The maximum Gasteiger partial charge on any atom is 0.230 e. The molecule has 0 saturated heterocycles. The maximum atomic E-state index is 12.5. The fraction of sp³-hybridized carbons (Fsp3) is 0.154. The van der Waals surface area contributed by atoms with Gasteiger partial charge in [-0.1, -0.05) is 18.2 Å². The van der Waals surface area contributed by atoms with E-state index >= 15 is 0 Å². The number of benzene rings is 2. The minimum Gasteiger partial charge on any atom is -0.593 e. The predicted octanol–water partition coefficient (Wildman–Crippen LogP) is 5.30. The Hall–Kier alpha value is -4.36. The van der Waals surface area contributed by atoms with Gasteiger partial charge in [-0.2, -0.15) is 15.1 Å². The van der Waals surface area contributed by atoms with Gasteiger partial charge < -0.3 is 16.3 Å². The van der Waals surface area contributed by atoms with Crippen LogP contribution in [0, 0.1) is 37.3 Å². The fourth-order valence-corrected chi connectivity index (χ4v) is 4.03. The lowest BCUT2D eigenvalue weighted by Crippen LogP contribution is -2.33.